The lowest BCUT2D eigenvalue weighted by Crippen LogP contribution is -2.56. The Morgan fingerprint density at radius 2 is 1.91 bits per heavy atom. The summed E-state index contributed by atoms with van der Waals surface area (Å²) >= 11 is 0. The molecule has 4 heterocycles. The highest BCUT2D eigenvalue weighted by atomic mass is 32.2. The molecule has 13 heteroatoms. The van der Waals surface area contributed by atoms with Crippen LogP contribution in [0.1, 0.15) is 5.56 Å². The molecule has 1 N–H and O–H groups in total. The molecule has 0 saturated carbocycles. The second kappa shape index (κ2) is 8.16. The third kappa shape index (κ3) is 3.93. The van der Waals surface area contributed by atoms with Crippen LogP contribution in [0.3, 0.4) is 0 Å². The number of halogens is 3. The summed E-state index contributed by atoms with van der Waals surface area (Å²) in [7, 11) is -3.93. The average molecular weight is 504 g/mol. The molecule has 35 heavy (non-hydrogen) atoms. The SMILES string of the molecule is N#Cc1cnc2c(ccn2S(=O)(=O)c2ccccc2)c1N1CC2CN(C(=O)NCC(F)(F)F)CC21. The largest absolute Gasteiger partial charge is 0.405 e. The maximum atomic E-state index is 13.2. The molecule has 2 fully saturated rings. The molecule has 2 amide bonds. The van der Waals surface area contributed by atoms with Crippen LogP contribution in [0.4, 0.5) is 23.7 Å². The predicted octanol–water partition coefficient (Wildman–Crippen LogP) is 2.54. The van der Waals surface area contributed by atoms with E-state index in [1.54, 1.807) is 24.3 Å². The van der Waals surface area contributed by atoms with Crippen molar-refractivity contribution in [3.05, 3.63) is 54.4 Å². The number of likely N-dealkylation sites (tertiary alicyclic amines) is 1. The number of amides is 2. The Morgan fingerprint density at radius 3 is 2.60 bits per heavy atom. The minimum Gasteiger partial charge on any atom is -0.364 e. The zero-order valence-corrected chi connectivity index (χ0v) is 18.9. The van der Waals surface area contributed by atoms with E-state index in [1.807, 2.05) is 10.2 Å². The second-order valence-corrected chi connectivity index (χ2v) is 10.3. The number of nitrogens with one attached hydrogen (secondary N) is 1. The number of rotatable bonds is 4. The maximum Gasteiger partial charge on any atom is 0.405 e. The Labute approximate surface area is 198 Å². The Kier molecular flexibility index (Phi) is 5.36. The molecule has 2 unspecified atom stereocenters. The fourth-order valence-corrected chi connectivity index (χ4v) is 6.01. The number of hydrogen-bond acceptors (Lipinski definition) is 6. The van der Waals surface area contributed by atoms with Crippen molar-refractivity contribution in [1.29, 1.82) is 5.26 Å². The van der Waals surface area contributed by atoms with E-state index in [9.17, 15) is 31.6 Å². The predicted molar refractivity (Wildman–Crippen MR) is 119 cm³/mol. The van der Waals surface area contributed by atoms with Crippen LogP contribution in [0.15, 0.2) is 53.7 Å². The Bertz CT molecular complexity index is 1450. The third-order valence-electron chi connectivity index (χ3n) is 6.33. The first-order valence-corrected chi connectivity index (χ1v) is 12.1. The molecular weight excluding hydrogens is 485 g/mol. The van der Waals surface area contributed by atoms with E-state index in [0.29, 0.717) is 24.2 Å². The van der Waals surface area contributed by atoms with Gasteiger partial charge in [-0.25, -0.2) is 22.2 Å². The molecule has 2 atom stereocenters. The molecule has 1 aromatic carbocycles. The molecule has 9 nitrogen and oxygen atoms in total. The fraction of sp³-hybridized carbons (Fsp3) is 0.318. The van der Waals surface area contributed by atoms with Crippen molar-refractivity contribution in [2.24, 2.45) is 5.92 Å². The van der Waals surface area contributed by atoms with Crippen molar-refractivity contribution in [3.63, 3.8) is 0 Å². The lowest BCUT2D eigenvalue weighted by atomic mass is 9.90. The highest BCUT2D eigenvalue weighted by Gasteiger charge is 2.48. The van der Waals surface area contributed by atoms with Gasteiger partial charge in [0.1, 0.15) is 12.6 Å². The molecule has 2 aliphatic heterocycles. The lowest BCUT2D eigenvalue weighted by molar-refractivity contribution is -0.123. The van der Waals surface area contributed by atoms with Crippen LogP contribution in [-0.4, -0.2) is 66.7 Å². The standard InChI is InChI=1S/C22H19F3N6O3S/c23-22(24,25)13-28-21(32)29-10-15-11-30(18(15)12-29)19-14(8-26)9-27-20-17(19)6-7-31(20)35(33,34)16-4-2-1-3-5-16/h1-7,9,15,18H,10-13H2,(H,28,32). The van der Waals surface area contributed by atoms with Crippen molar-refractivity contribution in [2.45, 2.75) is 17.1 Å². The molecule has 2 aliphatic rings. The average Bonchev–Trinajstić information content (AvgIpc) is 3.40. The zero-order chi connectivity index (χ0) is 25.0. The van der Waals surface area contributed by atoms with Gasteiger partial charge in [-0.3, -0.25) is 0 Å². The summed E-state index contributed by atoms with van der Waals surface area (Å²) in [6.45, 7) is -0.455. The molecular formula is C22H19F3N6O3S. The van der Waals surface area contributed by atoms with E-state index in [1.165, 1.54) is 29.4 Å². The van der Waals surface area contributed by atoms with Crippen molar-refractivity contribution >= 4 is 32.8 Å². The first-order chi connectivity index (χ1) is 16.6. The fourth-order valence-electron chi connectivity index (χ4n) is 4.69. The lowest BCUT2D eigenvalue weighted by Gasteiger charge is -2.45. The van der Waals surface area contributed by atoms with E-state index in [0.717, 1.165) is 3.97 Å². The molecule has 0 aliphatic carbocycles. The summed E-state index contributed by atoms with van der Waals surface area (Å²) in [5.41, 5.74) is 0.896. The van der Waals surface area contributed by atoms with Gasteiger partial charge in [-0.2, -0.15) is 18.4 Å². The van der Waals surface area contributed by atoms with Crippen molar-refractivity contribution in [1.82, 2.24) is 19.2 Å². The first kappa shape index (κ1) is 23.0. The van der Waals surface area contributed by atoms with Crippen LogP contribution in [0.2, 0.25) is 0 Å². The number of urea groups is 1. The van der Waals surface area contributed by atoms with E-state index >= 15 is 0 Å². The molecule has 5 rings (SSSR count). The van der Waals surface area contributed by atoms with E-state index in [4.69, 9.17) is 0 Å². The van der Waals surface area contributed by atoms with Gasteiger partial charge in [0.15, 0.2) is 5.65 Å². The summed E-state index contributed by atoms with van der Waals surface area (Å²) in [5.74, 6) is 0.0246. The van der Waals surface area contributed by atoms with Gasteiger partial charge in [-0.1, -0.05) is 18.2 Å². The van der Waals surface area contributed by atoms with Gasteiger partial charge < -0.3 is 15.1 Å². The van der Waals surface area contributed by atoms with E-state index in [2.05, 4.69) is 11.1 Å². The monoisotopic (exact) mass is 504 g/mol. The normalized spacial score (nSPS) is 19.8. The van der Waals surface area contributed by atoms with Crippen molar-refractivity contribution in [3.8, 4) is 6.07 Å². The smallest absolute Gasteiger partial charge is 0.364 e. The van der Waals surface area contributed by atoms with Gasteiger partial charge in [0.2, 0.25) is 0 Å². The van der Waals surface area contributed by atoms with Crippen LogP contribution in [-0.2, 0) is 10.0 Å². The van der Waals surface area contributed by atoms with Crippen LogP contribution in [0, 0.1) is 17.2 Å². The van der Waals surface area contributed by atoms with Crippen LogP contribution >= 0.6 is 0 Å². The molecule has 2 aromatic heterocycles. The Hall–Kier alpha value is -3.79. The molecule has 0 spiro atoms. The third-order valence-corrected chi connectivity index (χ3v) is 8.01. The number of pyridine rings is 1. The topological polar surface area (TPSA) is 111 Å². The number of nitriles is 1. The highest BCUT2D eigenvalue weighted by Crippen LogP contribution is 2.41. The number of alkyl halides is 3. The van der Waals surface area contributed by atoms with Gasteiger partial charge in [0.05, 0.1) is 22.2 Å². The quantitative estimate of drug-likeness (QED) is 0.585. The number of carbonyl (C=O) groups is 1. The summed E-state index contributed by atoms with van der Waals surface area (Å²) in [4.78, 5) is 19.7. The zero-order valence-electron chi connectivity index (χ0n) is 18.1. The van der Waals surface area contributed by atoms with Gasteiger partial charge in [0, 0.05) is 43.3 Å². The Balaban J connectivity index is 1.45. The highest BCUT2D eigenvalue weighted by molar-refractivity contribution is 7.90. The van der Waals surface area contributed by atoms with Crippen molar-refractivity contribution in [2.75, 3.05) is 31.1 Å². The number of hydrogen-bond donors (Lipinski definition) is 1. The number of fused-ring (bicyclic) bond motifs is 2. The van der Waals surface area contributed by atoms with Crippen LogP contribution in [0.25, 0.3) is 11.0 Å². The van der Waals surface area contributed by atoms with Gasteiger partial charge in [-0.15, -0.1) is 0 Å². The number of aromatic nitrogens is 2. The maximum absolute atomic E-state index is 13.2. The van der Waals surface area contributed by atoms with E-state index < -0.39 is 28.8 Å². The van der Waals surface area contributed by atoms with Gasteiger partial charge in [0.25, 0.3) is 10.0 Å². The Morgan fingerprint density at radius 1 is 1.17 bits per heavy atom. The first-order valence-electron chi connectivity index (χ1n) is 10.7. The van der Waals surface area contributed by atoms with Crippen molar-refractivity contribution < 1.29 is 26.4 Å². The number of anilines is 1. The molecule has 0 bridgehead atoms. The minimum atomic E-state index is -4.50. The summed E-state index contributed by atoms with van der Waals surface area (Å²) in [6.07, 6.45) is -1.81. The second-order valence-electron chi connectivity index (χ2n) is 8.46. The molecule has 0 radical (unpaired) electrons. The van der Waals surface area contributed by atoms with Crippen LogP contribution in [0.5, 0.6) is 0 Å². The van der Waals surface area contributed by atoms with Gasteiger partial charge in [-0.05, 0) is 18.2 Å². The summed E-state index contributed by atoms with van der Waals surface area (Å²) in [5, 5.41) is 12.0. The molecule has 3 aromatic rings. The molecule has 182 valence electrons. The molecule has 2 saturated heterocycles. The van der Waals surface area contributed by atoms with Gasteiger partial charge >= 0.3 is 12.2 Å². The summed E-state index contributed by atoms with van der Waals surface area (Å²) < 4.78 is 64.8. The summed E-state index contributed by atoms with van der Waals surface area (Å²) in [6, 6.07) is 10.5. The number of benzene rings is 1. The van der Waals surface area contributed by atoms with Crippen LogP contribution < -0.4 is 10.2 Å². The number of carbonyl (C=O) groups excluding carboxylic acids is 1. The number of nitrogens with zero attached hydrogens (tertiary/aromatic N) is 5. The minimum absolute atomic E-state index is 0.0246. The van der Waals surface area contributed by atoms with E-state index in [-0.39, 0.29) is 34.6 Å².